The monoisotopic (exact) mass is 319 g/mol. The molecular formula is C18H25NO4. The van der Waals surface area contributed by atoms with Gasteiger partial charge in [0, 0.05) is 12.5 Å². The molecule has 2 unspecified atom stereocenters. The van der Waals surface area contributed by atoms with Gasteiger partial charge in [-0.2, -0.15) is 0 Å². The van der Waals surface area contributed by atoms with E-state index in [1.54, 1.807) is 11.8 Å². The van der Waals surface area contributed by atoms with Crippen LogP contribution in [0.1, 0.15) is 43.4 Å². The number of likely N-dealkylation sites (tertiary alicyclic amines) is 1. The molecule has 5 nitrogen and oxygen atoms in total. The Bertz CT molecular complexity index is 564. The van der Waals surface area contributed by atoms with Crippen LogP contribution in [0.25, 0.3) is 0 Å². The van der Waals surface area contributed by atoms with Gasteiger partial charge in [0.25, 0.3) is 0 Å². The van der Waals surface area contributed by atoms with E-state index in [2.05, 4.69) is 0 Å². The quantitative estimate of drug-likeness (QED) is 0.799. The van der Waals surface area contributed by atoms with E-state index >= 15 is 0 Å². The molecule has 1 saturated heterocycles. The summed E-state index contributed by atoms with van der Waals surface area (Å²) in [6, 6.07) is 6.07. The molecule has 126 valence electrons. The summed E-state index contributed by atoms with van der Waals surface area (Å²) in [6.07, 6.45) is 0.560. The number of ether oxygens (including phenoxy) is 2. The van der Waals surface area contributed by atoms with Crippen LogP contribution in [-0.4, -0.2) is 35.8 Å². The lowest BCUT2D eigenvalue weighted by molar-refractivity contribution is -0.141. The van der Waals surface area contributed by atoms with Crippen molar-refractivity contribution in [2.75, 3.05) is 6.61 Å². The molecule has 0 saturated carbocycles. The topological polar surface area (TPSA) is 55.8 Å². The van der Waals surface area contributed by atoms with Gasteiger partial charge in [-0.3, -0.25) is 4.79 Å². The van der Waals surface area contributed by atoms with Gasteiger partial charge in [-0.1, -0.05) is 18.2 Å². The second-order valence-corrected chi connectivity index (χ2v) is 6.03. The normalized spacial score (nSPS) is 20.4. The van der Waals surface area contributed by atoms with E-state index in [1.165, 1.54) is 0 Å². The number of hydrogen-bond donors (Lipinski definition) is 0. The van der Waals surface area contributed by atoms with Gasteiger partial charge in [0.1, 0.15) is 0 Å². The van der Waals surface area contributed by atoms with Gasteiger partial charge < -0.3 is 14.4 Å². The summed E-state index contributed by atoms with van der Waals surface area (Å²) in [6.45, 7) is 7.99. The Balaban J connectivity index is 2.11. The number of aryl methyl sites for hydroxylation is 2. The highest BCUT2D eigenvalue weighted by molar-refractivity contribution is 5.80. The standard InChI is InChI=1S/C18H25NO4/c1-5-22-18(21)23-17-10-9-14(4)19(17)16(20)11-15-12(2)7-6-8-13(15)3/h6-8,14,17H,5,9-11H2,1-4H3. The zero-order valence-corrected chi connectivity index (χ0v) is 14.3. The van der Waals surface area contributed by atoms with E-state index in [-0.39, 0.29) is 18.6 Å². The van der Waals surface area contributed by atoms with Gasteiger partial charge >= 0.3 is 6.16 Å². The molecule has 0 aliphatic carbocycles. The number of benzene rings is 1. The molecule has 2 atom stereocenters. The average Bonchev–Trinajstić information content (AvgIpc) is 2.84. The summed E-state index contributed by atoms with van der Waals surface area (Å²) in [7, 11) is 0. The van der Waals surface area contributed by atoms with Gasteiger partial charge in [0.2, 0.25) is 5.91 Å². The first kappa shape index (κ1) is 17.3. The van der Waals surface area contributed by atoms with Crippen molar-refractivity contribution in [3.8, 4) is 0 Å². The van der Waals surface area contributed by atoms with Crippen LogP contribution in [0.15, 0.2) is 18.2 Å². The Morgan fingerprint density at radius 1 is 1.22 bits per heavy atom. The third-order valence-corrected chi connectivity index (χ3v) is 4.37. The summed E-state index contributed by atoms with van der Waals surface area (Å²) in [4.78, 5) is 26.0. The third-order valence-electron chi connectivity index (χ3n) is 4.37. The van der Waals surface area contributed by atoms with Gasteiger partial charge in [0.05, 0.1) is 13.0 Å². The predicted octanol–water partition coefficient (Wildman–Crippen LogP) is 3.36. The summed E-state index contributed by atoms with van der Waals surface area (Å²) in [5.74, 6) is -0.0123. The van der Waals surface area contributed by atoms with Crippen molar-refractivity contribution < 1.29 is 19.1 Å². The van der Waals surface area contributed by atoms with Crippen molar-refractivity contribution in [2.45, 2.75) is 59.2 Å². The summed E-state index contributed by atoms with van der Waals surface area (Å²) < 4.78 is 10.1. The fourth-order valence-corrected chi connectivity index (χ4v) is 3.10. The first-order valence-electron chi connectivity index (χ1n) is 8.13. The summed E-state index contributed by atoms with van der Waals surface area (Å²) in [5.41, 5.74) is 3.26. The molecule has 1 amide bonds. The molecule has 1 heterocycles. The van der Waals surface area contributed by atoms with Crippen molar-refractivity contribution >= 4 is 12.1 Å². The number of amides is 1. The lowest BCUT2D eigenvalue weighted by atomic mass is 9.99. The van der Waals surface area contributed by atoms with Crippen LogP contribution in [0.4, 0.5) is 4.79 Å². The number of nitrogens with zero attached hydrogens (tertiary/aromatic N) is 1. The maximum atomic E-state index is 12.8. The Labute approximate surface area is 137 Å². The second-order valence-electron chi connectivity index (χ2n) is 6.03. The molecule has 0 radical (unpaired) electrons. The Hall–Kier alpha value is -2.04. The van der Waals surface area contributed by atoms with Gasteiger partial charge in [-0.25, -0.2) is 4.79 Å². The lowest BCUT2D eigenvalue weighted by Crippen LogP contribution is -2.43. The van der Waals surface area contributed by atoms with E-state index in [9.17, 15) is 9.59 Å². The number of rotatable bonds is 4. The number of hydrogen-bond acceptors (Lipinski definition) is 4. The molecular weight excluding hydrogens is 294 g/mol. The first-order valence-corrected chi connectivity index (χ1v) is 8.13. The van der Waals surface area contributed by atoms with Crippen LogP contribution in [-0.2, 0) is 20.7 Å². The Morgan fingerprint density at radius 3 is 2.48 bits per heavy atom. The van der Waals surface area contributed by atoms with Crippen LogP contribution in [0.2, 0.25) is 0 Å². The largest absolute Gasteiger partial charge is 0.510 e. The molecule has 1 aliphatic rings. The zero-order chi connectivity index (χ0) is 17.0. The van der Waals surface area contributed by atoms with Crippen molar-refractivity contribution in [1.29, 1.82) is 0 Å². The minimum Gasteiger partial charge on any atom is -0.435 e. The summed E-state index contributed by atoms with van der Waals surface area (Å²) >= 11 is 0. The molecule has 0 aromatic heterocycles. The molecule has 1 aromatic rings. The highest BCUT2D eigenvalue weighted by Crippen LogP contribution is 2.27. The fourth-order valence-electron chi connectivity index (χ4n) is 3.10. The number of carbonyl (C=O) groups excluding carboxylic acids is 2. The van der Waals surface area contributed by atoms with Crippen LogP contribution in [0.3, 0.4) is 0 Å². The molecule has 5 heteroatoms. The van der Waals surface area contributed by atoms with Gasteiger partial charge in [0.15, 0.2) is 6.23 Å². The zero-order valence-electron chi connectivity index (χ0n) is 14.3. The predicted molar refractivity (Wildman–Crippen MR) is 87.1 cm³/mol. The van der Waals surface area contributed by atoms with E-state index in [0.717, 1.165) is 23.1 Å². The van der Waals surface area contributed by atoms with Crippen LogP contribution in [0.5, 0.6) is 0 Å². The van der Waals surface area contributed by atoms with Gasteiger partial charge in [-0.15, -0.1) is 0 Å². The van der Waals surface area contributed by atoms with Crippen LogP contribution in [0, 0.1) is 13.8 Å². The van der Waals surface area contributed by atoms with E-state index < -0.39 is 12.4 Å². The molecule has 2 rings (SSSR count). The lowest BCUT2D eigenvalue weighted by Gasteiger charge is -2.28. The molecule has 0 bridgehead atoms. The molecule has 0 spiro atoms. The second kappa shape index (κ2) is 7.49. The fraction of sp³-hybridized carbons (Fsp3) is 0.556. The molecule has 23 heavy (non-hydrogen) atoms. The Kier molecular flexibility index (Phi) is 5.64. The van der Waals surface area contributed by atoms with Crippen molar-refractivity contribution in [1.82, 2.24) is 4.90 Å². The minimum atomic E-state index is -0.712. The van der Waals surface area contributed by atoms with Gasteiger partial charge in [-0.05, 0) is 50.8 Å². The average molecular weight is 319 g/mol. The molecule has 1 fully saturated rings. The maximum Gasteiger partial charge on any atom is 0.510 e. The van der Waals surface area contributed by atoms with Crippen molar-refractivity contribution in [3.63, 3.8) is 0 Å². The molecule has 1 aliphatic heterocycles. The van der Waals surface area contributed by atoms with E-state index in [4.69, 9.17) is 9.47 Å². The smallest absolute Gasteiger partial charge is 0.435 e. The van der Waals surface area contributed by atoms with Crippen LogP contribution < -0.4 is 0 Å². The highest BCUT2D eigenvalue weighted by Gasteiger charge is 2.37. The van der Waals surface area contributed by atoms with Crippen molar-refractivity contribution in [2.24, 2.45) is 0 Å². The van der Waals surface area contributed by atoms with E-state index in [1.807, 2.05) is 39.0 Å². The third kappa shape index (κ3) is 4.03. The van der Waals surface area contributed by atoms with Crippen LogP contribution >= 0.6 is 0 Å². The summed E-state index contributed by atoms with van der Waals surface area (Å²) in [5, 5.41) is 0. The minimum absolute atomic E-state index is 0.0123. The van der Waals surface area contributed by atoms with E-state index in [0.29, 0.717) is 12.8 Å². The van der Waals surface area contributed by atoms with Crippen molar-refractivity contribution in [3.05, 3.63) is 34.9 Å². The molecule has 0 N–H and O–H groups in total. The molecule has 1 aromatic carbocycles. The SMILES string of the molecule is CCOC(=O)OC1CCC(C)N1C(=O)Cc1c(C)cccc1C. The Morgan fingerprint density at radius 2 is 1.87 bits per heavy atom. The first-order chi connectivity index (χ1) is 10.9. The highest BCUT2D eigenvalue weighted by atomic mass is 16.7. The number of carbonyl (C=O) groups is 2. The maximum absolute atomic E-state index is 12.8.